The van der Waals surface area contributed by atoms with Gasteiger partial charge in [0.1, 0.15) is 17.2 Å². The number of hydrogen-bond donors (Lipinski definition) is 0. The molecule has 128 valence electrons. The molecule has 0 radical (unpaired) electrons. The van der Waals surface area contributed by atoms with Crippen molar-refractivity contribution in [1.82, 2.24) is 0 Å². The molecule has 0 N–H and O–H groups in total. The molecule has 3 aromatic carbocycles. The summed E-state index contributed by atoms with van der Waals surface area (Å²) in [6, 6.07) is 17.0. The Bertz CT molecular complexity index is 1060. The fraction of sp³-hybridized carbons (Fsp3) is 0.0500. The molecule has 0 amide bonds. The Balaban J connectivity index is 1.96. The van der Waals surface area contributed by atoms with Gasteiger partial charge in [-0.2, -0.15) is 0 Å². The molecule has 0 aliphatic carbocycles. The lowest BCUT2D eigenvalue weighted by molar-refractivity contribution is -0.135. The molecule has 0 fully saturated rings. The van der Waals surface area contributed by atoms with Crippen LogP contribution in [0.15, 0.2) is 68.0 Å². The van der Waals surface area contributed by atoms with E-state index in [0.717, 1.165) is 30.1 Å². The van der Waals surface area contributed by atoms with Gasteiger partial charge in [0.25, 0.3) is 0 Å². The molecular weight excluding hydrogens is 528 g/mol. The van der Waals surface area contributed by atoms with E-state index in [1.807, 2.05) is 54.6 Å². The maximum atomic E-state index is 13.3. The Labute approximate surface area is 174 Å². The van der Waals surface area contributed by atoms with Crippen LogP contribution in [0, 0.1) is 0 Å². The van der Waals surface area contributed by atoms with Crippen LogP contribution < -0.4 is 9.47 Å². The summed E-state index contributed by atoms with van der Waals surface area (Å²) < 4.78 is 14.4. The van der Waals surface area contributed by atoms with Gasteiger partial charge in [0, 0.05) is 30.1 Å². The zero-order chi connectivity index (χ0) is 18.1. The number of carbonyl (C=O) groups is 1. The molecule has 6 heteroatoms. The molecule has 3 aromatic rings. The van der Waals surface area contributed by atoms with Gasteiger partial charge in [0.05, 0.1) is 0 Å². The molecule has 0 atom stereocenters. The third-order valence-electron chi connectivity index (χ3n) is 4.77. The van der Waals surface area contributed by atoms with Gasteiger partial charge in [-0.1, -0.05) is 47.8 Å². The molecule has 0 unspecified atom stereocenters. The van der Waals surface area contributed by atoms with Gasteiger partial charge in [-0.15, -0.1) is 0 Å². The molecule has 26 heavy (non-hydrogen) atoms. The van der Waals surface area contributed by atoms with Crippen LogP contribution in [-0.2, 0) is 10.2 Å². The third-order valence-corrected chi connectivity index (χ3v) is 6.25. The van der Waals surface area contributed by atoms with Gasteiger partial charge in [0.15, 0.2) is 5.41 Å². The van der Waals surface area contributed by atoms with Gasteiger partial charge < -0.3 is 9.47 Å². The first-order valence-corrected chi connectivity index (χ1v) is 10.2. The number of rotatable bonds is 0. The lowest BCUT2D eigenvalue weighted by Crippen LogP contribution is -2.39. The van der Waals surface area contributed by atoms with Crippen LogP contribution in [0.1, 0.15) is 16.7 Å². The number of fused-ring (bicyclic) bond motifs is 6. The summed E-state index contributed by atoms with van der Waals surface area (Å²) in [5.74, 6) is 1.53. The van der Waals surface area contributed by atoms with Crippen molar-refractivity contribution in [3.05, 3.63) is 84.7 Å². The lowest BCUT2D eigenvalue weighted by atomic mass is 9.68. The van der Waals surface area contributed by atoms with E-state index in [9.17, 15) is 4.79 Å². The van der Waals surface area contributed by atoms with E-state index >= 15 is 0 Å². The van der Waals surface area contributed by atoms with Crippen LogP contribution in [0.25, 0.3) is 0 Å². The van der Waals surface area contributed by atoms with E-state index in [1.165, 1.54) is 0 Å². The van der Waals surface area contributed by atoms with Gasteiger partial charge in [-0.05, 0) is 54.6 Å². The van der Waals surface area contributed by atoms with E-state index in [4.69, 9.17) is 9.47 Å². The summed E-state index contributed by atoms with van der Waals surface area (Å²) in [4.78, 5) is 13.3. The summed E-state index contributed by atoms with van der Waals surface area (Å²) in [7, 11) is 0. The number of benzene rings is 3. The van der Waals surface area contributed by atoms with Crippen LogP contribution >= 0.6 is 47.8 Å². The number of ether oxygens (including phenoxy) is 2. The summed E-state index contributed by atoms with van der Waals surface area (Å²) in [5.41, 5.74) is 1.26. The second-order valence-corrected chi connectivity index (χ2v) is 8.91. The molecule has 2 aliphatic rings. The first kappa shape index (κ1) is 16.5. The molecule has 1 spiro atoms. The van der Waals surface area contributed by atoms with Crippen molar-refractivity contribution in [3.8, 4) is 17.2 Å². The summed E-state index contributed by atoms with van der Waals surface area (Å²) >= 11 is 10.6. The molecule has 2 aliphatic heterocycles. The predicted octanol–water partition coefficient (Wildman–Crippen LogP) is 6.33. The van der Waals surface area contributed by atoms with Crippen molar-refractivity contribution in [1.29, 1.82) is 0 Å². The largest absolute Gasteiger partial charge is 0.457 e. The Morgan fingerprint density at radius 2 is 1.00 bits per heavy atom. The molecule has 0 saturated carbocycles. The number of halogens is 3. The van der Waals surface area contributed by atoms with Crippen LogP contribution in [0.3, 0.4) is 0 Å². The second kappa shape index (κ2) is 5.68. The molecular formula is C20H9Br3O3. The van der Waals surface area contributed by atoms with E-state index in [0.29, 0.717) is 17.2 Å². The summed E-state index contributed by atoms with van der Waals surface area (Å²) in [5, 5.41) is 0. The van der Waals surface area contributed by atoms with Crippen molar-refractivity contribution in [2.75, 3.05) is 0 Å². The average Bonchev–Trinajstić information content (AvgIpc) is 2.89. The highest BCUT2D eigenvalue weighted by atomic mass is 79.9. The predicted molar refractivity (Wildman–Crippen MR) is 108 cm³/mol. The highest BCUT2D eigenvalue weighted by Gasteiger charge is 2.56. The monoisotopic (exact) mass is 534 g/mol. The fourth-order valence-corrected chi connectivity index (χ4v) is 4.80. The SMILES string of the molecule is O=C1Oc2ccc(Br)cc2C12c1cc(Br)ccc1Oc1ccc(Br)cc12. The van der Waals surface area contributed by atoms with Gasteiger partial charge >= 0.3 is 5.97 Å². The van der Waals surface area contributed by atoms with E-state index < -0.39 is 5.41 Å². The van der Waals surface area contributed by atoms with E-state index in [2.05, 4.69) is 47.8 Å². The van der Waals surface area contributed by atoms with E-state index in [-0.39, 0.29) is 5.97 Å². The lowest BCUT2D eigenvalue weighted by Gasteiger charge is -2.35. The van der Waals surface area contributed by atoms with Gasteiger partial charge in [-0.25, -0.2) is 4.79 Å². The van der Waals surface area contributed by atoms with Crippen molar-refractivity contribution >= 4 is 53.8 Å². The minimum Gasteiger partial charge on any atom is -0.457 e. The molecule has 2 heterocycles. The Morgan fingerprint density at radius 3 is 1.42 bits per heavy atom. The number of esters is 1. The third kappa shape index (κ3) is 2.12. The average molecular weight is 537 g/mol. The first-order valence-electron chi connectivity index (χ1n) is 7.80. The number of carbonyl (C=O) groups excluding carboxylic acids is 1. The fourth-order valence-electron chi connectivity index (χ4n) is 3.71. The van der Waals surface area contributed by atoms with Crippen molar-refractivity contribution in [2.45, 2.75) is 5.41 Å². The Kier molecular flexibility index (Phi) is 3.61. The van der Waals surface area contributed by atoms with Crippen molar-refractivity contribution in [3.63, 3.8) is 0 Å². The van der Waals surface area contributed by atoms with Crippen LogP contribution in [0.2, 0.25) is 0 Å². The maximum Gasteiger partial charge on any atom is 0.331 e. The second-order valence-electron chi connectivity index (χ2n) is 6.16. The highest BCUT2D eigenvalue weighted by Crippen LogP contribution is 2.58. The maximum absolute atomic E-state index is 13.3. The van der Waals surface area contributed by atoms with Gasteiger partial charge in [0.2, 0.25) is 0 Å². The Hall–Kier alpha value is -1.63. The molecule has 3 nitrogen and oxygen atoms in total. The number of hydrogen-bond acceptors (Lipinski definition) is 3. The summed E-state index contributed by atoms with van der Waals surface area (Å²) in [6.07, 6.45) is 0. The van der Waals surface area contributed by atoms with Gasteiger partial charge in [-0.3, -0.25) is 0 Å². The quantitative estimate of drug-likeness (QED) is 0.249. The summed E-state index contributed by atoms with van der Waals surface area (Å²) in [6.45, 7) is 0. The molecule has 0 aromatic heterocycles. The standard InChI is InChI=1S/C20H9Br3O3/c21-10-1-4-16-13(7-10)20(14-8-11(22)2-5-17(14)25-16)15-9-12(23)3-6-18(15)26-19(20)24/h1-9H. The van der Waals surface area contributed by atoms with Crippen LogP contribution in [-0.4, -0.2) is 5.97 Å². The zero-order valence-corrected chi connectivity index (χ0v) is 17.8. The topological polar surface area (TPSA) is 35.5 Å². The van der Waals surface area contributed by atoms with Crippen LogP contribution in [0.4, 0.5) is 0 Å². The first-order chi connectivity index (χ1) is 12.5. The van der Waals surface area contributed by atoms with Crippen LogP contribution in [0.5, 0.6) is 17.2 Å². The van der Waals surface area contributed by atoms with Crippen molar-refractivity contribution in [2.24, 2.45) is 0 Å². The highest BCUT2D eigenvalue weighted by molar-refractivity contribution is 9.11. The zero-order valence-electron chi connectivity index (χ0n) is 13.1. The molecule has 5 rings (SSSR count). The molecule has 0 bridgehead atoms. The molecule has 0 saturated heterocycles. The minimum atomic E-state index is -1.07. The smallest absolute Gasteiger partial charge is 0.331 e. The normalized spacial score (nSPS) is 15.7. The Morgan fingerprint density at radius 1 is 0.615 bits per heavy atom. The minimum absolute atomic E-state index is 0.326. The van der Waals surface area contributed by atoms with E-state index in [1.54, 1.807) is 0 Å². The van der Waals surface area contributed by atoms with Crippen molar-refractivity contribution < 1.29 is 14.3 Å².